The van der Waals surface area contributed by atoms with Gasteiger partial charge in [-0.3, -0.25) is 0 Å². The molecule has 0 atom stereocenters. The van der Waals surface area contributed by atoms with Crippen molar-refractivity contribution in [1.29, 1.82) is 0 Å². The van der Waals surface area contributed by atoms with Crippen molar-refractivity contribution in [3.8, 4) is 0 Å². The Hall–Kier alpha value is -1.93. The van der Waals surface area contributed by atoms with Crippen molar-refractivity contribution in [3.63, 3.8) is 0 Å². The normalized spacial score (nSPS) is 10.9. The Labute approximate surface area is 124 Å². The molecule has 0 bridgehead atoms. The summed E-state index contributed by atoms with van der Waals surface area (Å²) in [5.41, 5.74) is 3.62. The van der Waals surface area contributed by atoms with E-state index < -0.39 is 0 Å². The molecule has 1 heterocycles. The first-order valence-corrected chi connectivity index (χ1v) is 7.16. The van der Waals surface area contributed by atoms with Gasteiger partial charge < -0.3 is 9.88 Å². The molecule has 2 aromatic carbocycles. The first kappa shape index (κ1) is 13.1. The molecule has 0 saturated heterocycles. The summed E-state index contributed by atoms with van der Waals surface area (Å²) in [5, 5.41) is 5.36. The lowest BCUT2D eigenvalue weighted by atomic mass is 10.2. The second-order valence-corrected chi connectivity index (χ2v) is 5.38. The van der Waals surface area contributed by atoms with Crippen LogP contribution < -0.4 is 5.32 Å². The summed E-state index contributed by atoms with van der Waals surface area (Å²) in [4.78, 5) is 0. The molecule has 0 fully saturated rings. The highest BCUT2D eigenvalue weighted by atomic mass is 35.5. The van der Waals surface area contributed by atoms with E-state index in [4.69, 9.17) is 11.6 Å². The summed E-state index contributed by atoms with van der Waals surface area (Å²) in [6.07, 6.45) is 2.09. The third-order valence-electron chi connectivity index (χ3n) is 3.49. The van der Waals surface area contributed by atoms with Gasteiger partial charge in [0, 0.05) is 40.9 Å². The van der Waals surface area contributed by atoms with Crippen LogP contribution in [0.1, 0.15) is 5.56 Å². The molecule has 0 aliphatic heterocycles. The summed E-state index contributed by atoms with van der Waals surface area (Å²) < 4.78 is 2.22. The van der Waals surface area contributed by atoms with Crippen molar-refractivity contribution in [1.82, 2.24) is 4.57 Å². The average Bonchev–Trinajstić information content (AvgIpc) is 2.86. The maximum Gasteiger partial charge on any atom is 0.0499 e. The van der Waals surface area contributed by atoms with E-state index in [-0.39, 0.29) is 0 Å². The van der Waals surface area contributed by atoms with E-state index in [9.17, 15) is 0 Å². The Morgan fingerprint density at radius 1 is 1.05 bits per heavy atom. The van der Waals surface area contributed by atoms with Gasteiger partial charge in [-0.2, -0.15) is 0 Å². The Morgan fingerprint density at radius 2 is 1.85 bits per heavy atom. The van der Waals surface area contributed by atoms with Gasteiger partial charge in [0.15, 0.2) is 0 Å². The van der Waals surface area contributed by atoms with Crippen LogP contribution in [0.25, 0.3) is 10.9 Å². The van der Waals surface area contributed by atoms with Gasteiger partial charge in [-0.25, -0.2) is 0 Å². The summed E-state index contributed by atoms with van der Waals surface area (Å²) in [6, 6.07) is 16.6. The van der Waals surface area contributed by atoms with Gasteiger partial charge in [0.25, 0.3) is 0 Å². The topological polar surface area (TPSA) is 17.0 Å². The van der Waals surface area contributed by atoms with Crippen LogP contribution in [0.4, 0.5) is 5.69 Å². The van der Waals surface area contributed by atoms with Crippen LogP contribution in [-0.2, 0) is 6.54 Å². The highest BCUT2D eigenvalue weighted by molar-refractivity contribution is 6.35. The number of aryl methyl sites for hydroxylation is 1. The molecular weight excluding hydrogens is 268 g/mol. The van der Waals surface area contributed by atoms with Crippen molar-refractivity contribution in [2.75, 3.05) is 11.9 Å². The van der Waals surface area contributed by atoms with Gasteiger partial charge in [-0.05, 0) is 37.3 Å². The molecule has 0 spiro atoms. The largest absolute Gasteiger partial charge is 0.383 e. The number of benzene rings is 2. The Morgan fingerprint density at radius 3 is 2.65 bits per heavy atom. The SMILES string of the molecule is Cc1ccc(NCCn2ccc3c(Cl)cccc32)cc1. The molecule has 0 aliphatic rings. The molecule has 20 heavy (non-hydrogen) atoms. The van der Waals surface area contributed by atoms with E-state index >= 15 is 0 Å². The highest BCUT2D eigenvalue weighted by Gasteiger charge is 2.03. The van der Waals surface area contributed by atoms with E-state index in [0.29, 0.717) is 0 Å². The van der Waals surface area contributed by atoms with E-state index in [1.807, 2.05) is 12.1 Å². The van der Waals surface area contributed by atoms with Crippen LogP contribution in [0.2, 0.25) is 5.02 Å². The van der Waals surface area contributed by atoms with Crippen LogP contribution in [-0.4, -0.2) is 11.1 Å². The van der Waals surface area contributed by atoms with Gasteiger partial charge in [-0.15, -0.1) is 0 Å². The first-order chi connectivity index (χ1) is 9.74. The number of hydrogen-bond acceptors (Lipinski definition) is 1. The minimum absolute atomic E-state index is 0.813. The molecule has 1 aromatic heterocycles. The molecule has 1 N–H and O–H groups in total. The fraction of sp³-hybridized carbons (Fsp3) is 0.176. The van der Waals surface area contributed by atoms with Crippen LogP contribution in [0.5, 0.6) is 0 Å². The van der Waals surface area contributed by atoms with Crippen molar-refractivity contribution in [3.05, 3.63) is 65.3 Å². The maximum atomic E-state index is 6.19. The predicted molar refractivity (Wildman–Crippen MR) is 86.6 cm³/mol. The fourth-order valence-corrected chi connectivity index (χ4v) is 2.61. The summed E-state index contributed by atoms with van der Waals surface area (Å²) in [7, 11) is 0. The molecule has 0 amide bonds. The molecule has 0 radical (unpaired) electrons. The number of nitrogens with one attached hydrogen (secondary N) is 1. The van der Waals surface area contributed by atoms with Gasteiger partial charge in [0.05, 0.1) is 0 Å². The molecule has 102 valence electrons. The molecule has 0 aliphatic carbocycles. The number of halogens is 1. The summed E-state index contributed by atoms with van der Waals surface area (Å²) >= 11 is 6.19. The summed E-state index contributed by atoms with van der Waals surface area (Å²) in [5.74, 6) is 0. The molecule has 3 rings (SSSR count). The Balaban J connectivity index is 1.68. The maximum absolute atomic E-state index is 6.19. The monoisotopic (exact) mass is 284 g/mol. The Bertz CT molecular complexity index is 713. The molecule has 3 heteroatoms. The van der Waals surface area contributed by atoms with E-state index in [0.717, 1.165) is 29.2 Å². The summed E-state index contributed by atoms with van der Waals surface area (Å²) in [6.45, 7) is 3.90. The van der Waals surface area contributed by atoms with Crippen molar-refractivity contribution in [2.24, 2.45) is 0 Å². The molecule has 0 saturated carbocycles. The standard InChI is InChI=1S/C17H17ClN2/c1-13-5-7-14(8-6-13)19-10-12-20-11-9-15-16(18)3-2-4-17(15)20/h2-9,11,19H,10,12H2,1H3. The van der Waals surface area contributed by atoms with E-state index in [2.05, 4.69) is 59.4 Å². The zero-order chi connectivity index (χ0) is 13.9. The number of rotatable bonds is 4. The van der Waals surface area contributed by atoms with Crippen molar-refractivity contribution in [2.45, 2.75) is 13.5 Å². The fourth-order valence-electron chi connectivity index (χ4n) is 2.37. The lowest BCUT2D eigenvalue weighted by molar-refractivity contribution is 0.757. The minimum atomic E-state index is 0.813. The van der Waals surface area contributed by atoms with Gasteiger partial charge in [-0.1, -0.05) is 35.4 Å². The highest BCUT2D eigenvalue weighted by Crippen LogP contribution is 2.24. The smallest absolute Gasteiger partial charge is 0.0499 e. The third-order valence-corrected chi connectivity index (χ3v) is 3.82. The van der Waals surface area contributed by atoms with Crippen LogP contribution in [0, 0.1) is 6.92 Å². The molecule has 2 nitrogen and oxygen atoms in total. The number of nitrogens with zero attached hydrogens (tertiary/aromatic N) is 1. The number of fused-ring (bicyclic) bond motifs is 1. The van der Waals surface area contributed by atoms with Crippen molar-refractivity contribution < 1.29 is 0 Å². The number of hydrogen-bond donors (Lipinski definition) is 1. The third kappa shape index (κ3) is 2.66. The first-order valence-electron chi connectivity index (χ1n) is 6.78. The van der Waals surface area contributed by atoms with E-state index in [1.165, 1.54) is 11.1 Å². The molecular formula is C17H17ClN2. The Kier molecular flexibility index (Phi) is 3.66. The van der Waals surface area contributed by atoms with Crippen LogP contribution in [0.15, 0.2) is 54.7 Å². The zero-order valence-electron chi connectivity index (χ0n) is 11.4. The number of anilines is 1. The van der Waals surface area contributed by atoms with E-state index in [1.54, 1.807) is 0 Å². The predicted octanol–water partition coefficient (Wildman–Crippen LogP) is 4.72. The van der Waals surface area contributed by atoms with Crippen molar-refractivity contribution >= 4 is 28.2 Å². The average molecular weight is 285 g/mol. The van der Waals surface area contributed by atoms with Crippen LogP contribution >= 0.6 is 11.6 Å². The lowest BCUT2D eigenvalue weighted by Crippen LogP contribution is -2.09. The molecule has 0 unspecified atom stereocenters. The quantitative estimate of drug-likeness (QED) is 0.734. The van der Waals surface area contributed by atoms with Gasteiger partial charge in [0.1, 0.15) is 0 Å². The second-order valence-electron chi connectivity index (χ2n) is 4.97. The molecule has 3 aromatic rings. The van der Waals surface area contributed by atoms with Gasteiger partial charge in [0.2, 0.25) is 0 Å². The van der Waals surface area contributed by atoms with Crippen LogP contribution in [0.3, 0.4) is 0 Å². The zero-order valence-corrected chi connectivity index (χ0v) is 12.2. The minimum Gasteiger partial charge on any atom is -0.383 e. The number of aromatic nitrogens is 1. The van der Waals surface area contributed by atoms with Gasteiger partial charge >= 0.3 is 0 Å². The second kappa shape index (κ2) is 5.59. The lowest BCUT2D eigenvalue weighted by Gasteiger charge is -2.09.